The van der Waals surface area contributed by atoms with Crippen LogP contribution in [-0.2, 0) is 5.60 Å². The van der Waals surface area contributed by atoms with Gasteiger partial charge in [0.1, 0.15) is 17.5 Å². The Bertz CT molecular complexity index is 960. The van der Waals surface area contributed by atoms with E-state index in [9.17, 15) is 18.3 Å². The standard InChI is InChI=1S/C26H27F3N2O.ClH/c27-21-4-2-20(3-5-21)26(32)14-18-30(19-15-26)16-1-17-31(24-10-6-22(28)7-11-24)25-12-8-23(29)9-13-25;/h2-13,32H,1,14-19H2;1H. The summed E-state index contributed by atoms with van der Waals surface area (Å²) in [5, 5.41) is 11.0. The molecule has 4 rings (SSSR count). The number of hydrogen-bond acceptors (Lipinski definition) is 3. The molecule has 176 valence electrons. The molecule has 0 bridgehead atoms. The third-order valence-electron chi connectivity index (χ3n) is 6.20. The SMILES string of the molecule is Cl.OC1(c2ccc(F)cc2)CCN(CCCN(c2ccc(F)cc2)c2ccc(F)cc2)CC1. The molecule has 0 spiro atoms. The van der Waals surface area contributed by atoms with E-state index in [1.54, 1.807) is 36.4 Å². The maximum Gasteiger partial charge on any atom is 0.123 e. The van der Waals surface area contributed by atoms with Gasteiger partial charge in [0.25, 0.3) is 0 Å². The van der Waals surface area contributed by atoms with Crippen molar-refractivity contribution in [2.24, 2.45) is 0 Å². The van der Waals surface area contributed by atoms with E-state index in [1.807, 2.05) is 0 Å². The van der Waals surface area contributed by atoms with Crippen molar-refractivity contribution < 1.29 is 18.3 Å². The number of rotatable bonds is 7. The highest BCUT2D eigenvalue weighted by Gasteiger charge is 2.33. The summed E-state index contributed by atoms with van der Waals surface area (Å²) in [5.74, 6) is -0.897. The highest BCUT2D eigenvalue weighted by Crippen LogP contribution is 2.33. The Morgan fingerprint density at radius 3 is 1.61 bits per heavy atom. The molecule has 0 aromatic heterocycles. The van der Waals surface area contributed by atoms with Gasteiger partial charge in [-0.3, -0.25) is 0 Å². The molecular weight excluding hydrogens is 449 g/mol. The highest BCUT2D eigenvalue weighted by atomic mass is 35.5. The van der Waals surface area contributed by atoms with Crippen molar-refractivity contribution in [3.05, 3.63) is 95.8 Å². The Hall–Kier alpha value is -2.54. The summed E-state index contributed by atoms with van der Waals surface area (Å²) < 4.78 is 40.0. The van der Waals surface area contributed by atoms with Gasteiger partial charge in [-0.05, 0) is 92.0 Å². The fourth-order valence-electron chi connectivity index (χ4n) is 4.30. The summed E-state index contributed by atoms with van der Waals surface area (Å²) >= 11 is 0. The Balaban J connectivity index is 0.00000306. The van der Waals surface area contributed by atoms with E-state index in [4.69, 9.17) is 0 Å². The molecule has 0 amide bonds. The number of anilines is 2. The van der Waals surface area contributed by atoms with Crippen LogP contribution in [0.25, 0.3) is 0 Å². The van der Waals surface area contributed by atoms with Crippen LogP contribution in [0.5, 0.6) is 0 Å². The van der Waals surface area contributed by atoms with E-state index in [1.165, 1.54) is 36.4 Å². The van der Waals surface area contributed by atoms with Crippen LogP contribution in [0.4, 0.5) is 24.5 Å². The van der Waals surface area contributed by atoms with Gasteiger partial charge >= 0.3 is 0 Å². The molecule has 1 heterocycles. The predicted octanol–water partition coefficient (Wildman–Crippen LogP) is 6.04. The lowest BCUT2D eigenvalue weighted by molar-refractivity contribution is -0.0259. The van der Waals surface area contributed by atoms with Gasteiger partial charge in [-0.25, -0.2) is 13.2 Å². The molecule has 1 saturated heterocycles. The summed E-state index contributed by atoms with van der Waals surface area (Å²) in [4.78, 5) is 4.36. The number of benzene rings is 3. The van der Waals surface area contributed by atoms with Gasteiger partial charge in [0.15, 0.2) is 0 Å². The van der Waals surface area contributed by atoms with Crippen LogP contribution < -0.4 is 4.90 Å². The Labute approximate surface area is 198 Å². The molecular formula is C26H28ClF3N2O. The van der Waals surface area contributed by atoms with Crippen molar-refractivity contribution >= 4 is 23.8 Å². The van der Waals surface area contributed by atoms with Crippen molar-refractivity contribution in [2.75, 3.05) is 31.1 Å². The lowest BCUT2D eigenvalue weighted by atomic mass is 9.84. The first-order chi connectivity index (χ1) is 15.4. The molecule has 1 aliphatic rings. The van der Waals surface area contributed by atoms with Crippen LogP contribution >= 0.6 is 12.4 Å². The third-order valence-corrected chi connectivity index (χ3v) is 6.20. The molecule has 3 aromatic rings. The maximum absolute atomic E-state index is 13.4. The Kier molecular flexibility index (Phi) is 8.40. The fraction of sp³-hybridized carbons (Fsp3) is 0.308. The Morgan fingerprint density at radius 1 is 0.727 bits per heavy atom. The molecule has 3 nitrogen and oxygen atoms in total. The summed E-state index contributed by atoms with van der Waals surface area (Å²) in [6, 6.07) is 18.7. The van der Waals surface area contributed by atoms with E-state index in [2.05, 4.69) is 9.80 Å². The van der Waals surface area contributed by atoms with Gasteiger partial charge in [-0.2, -0.15) is 0 Å². The van der Waals surface area contributed by atoms with E-state index in [0.29, 0.717) is 19.4 Å². The van der Waals surface area contributed by atoms with Crippen LogP contribution in [0, 0.1) is 17.5 Å². The van der Waals surface area contributed by atoms with Crippen molar-refractivity contribution in [2.45, 2.75) is 24.9 Å². The molecule has 0 aliphatic carbocycles. The van der Waals surface area contributed by atoms with Crippen molar-refractivity contribution in [3.8, 4) is 0 Å². The lowest BCUT2D eigenvalue weighted by Gasteiger charge is -2.39. The zero-order valence-electron chi connectivity index (χ0n) is 18.3. The predicted molar refractivity (Wildman–Crippen MR) is 128 cm³/mol. The first-order valence-electron chi connectivity index (χ1n) is 10.9. The first-order valence-corrected chi connectivity index (χ1v) is 10.9. The summed E-state index contributed by atoms with van der Waals surface area (Å²) in [5.41, 5.74) is 1.54. The number of aliphatic hydroxyl groups is 1. The number of piperidine rings is 1. The van der Waals surface area contributed by atoms with Crippen molar-refractivity contribution in [1.29, 1.82) is 0 Å². The second-order valence-corrected chi connectivity index (χ2v) is 8.34. The molecule has 0 saturated carbocycles. The van der Waals surface area contributed by atoms with Gasteiger partial charge in [0, 0.05) is 31.0 Å². The average molecular weight is 477 g/mol. The van der Waals surface area contributed by atoms with Gasteiger partial charge in [-0.15, -0.1) is 12.4 Å². The topological polar surface area (TPSA) is 26.7 Å². The quantitative estimate of drug-likeness (QED) is 0.450. The number of nitrogens with zero attached hydrogens (tertiary/aromatic N) is 2. The monoisotopic (exact) mass is 476 g/mol. The first kappa shape index (κ1) is 25.1. The number of halogens is 4. The number of likely N-dealkylation sites (tertiary alicyclic amines) is 1. The molecule has 3 aromatic carbocycles. The van der Waals surface area contributed by atoms with Gasteiger partial charge in [-0.1, -0.05) is 12.1 Å². The molecule has 1 fully saturated rings. The smallest absolute Gasteiger partial charge is 0.123 e. The minimum absolute atomic E-state index is 0. The van der Waals surface area contributed by atoms with Crippen molar-refractivity contribution in [3.63, 3.8) is 0 Å². The molecule has 1 aliphatic heterocycles. The van der Waals surface area contributed by atoms with Gasteiger partial charge < -0.3 is 14.9 Å². The van der Waals surface area contributed by atoms with Crippen LogP contribution in [0.2, 0.25) is 0 Å². The van der Waals surface area contributed by atoms with Crippen LogP contribution in [0.15, 0.2) is 72.8 Å². The van der Waals surface area contributed by atoms with Crippen molar-refractivity contribution in [1.82, 2.24) is 4.90 Å². The van der Waals surface area contributed by atoms with Gasteiger partial charge in [0.05, 0.1) is 5.60 Å². The van der Waals surface area contributed by atoms with E-state index < -0.39 is 5.60 Å². The molecule has 0 atom stereocenters. The van der Waals surface area contributed by atoms with E-state index >= 15 is 0 Å². The average Bonchev–Trinajstić information content (AvgIpc) is 2.80. The summed E-state index contributed by atoms with van der Waals surface area (Å²) in [6.45, 7) is 3.04. The maximum atomic E-state index is 13.4. The zero-order chi connectivity index (χ0) is 22.6. The molecule has 0 unspecified atom stereocenters. The minimum Gasteiger partial charge on any atom is -0.385 e. The largest absolute Gasteiger partial charge is 0.385 e. The molecule has 0 radical (unpaired) electrons. The normalized spacial score (nSPS) is 15.6. The second kappa shape index (κ2) is 11.1. The minimum atomic E-state index is -0.918. The fourth-order valence-corrected chi connectivity index (χ4v) is 4.30. The van der Waals surface area contributed by atoms with Crippen LogP contribution in [0.3, 0.4) is 0 Å². The lowest BCUT2D eigenvalue weighted by Crippen LogP contribution is -2.43. The third kappa shape index (κ3) is 6.28. The molecule has 1 N–H and O–H groups in total. The molecule has 7 heteroatoms. The second-order valence-electron chi connectivity index (χ2n) is 8.34. The van der Waals surface area contributed by atoms with E-state index in [-0.39, 0.29) is 29.9 Å². The molecule has 33 heavy (non-hydrogen) atoms. The van der Waals surface area contributed by atoms with E-state index in [0.717, 1.165) is 43.0 Å². The summed E-state index contributed by atoms with van der Waals surface area (Å²) in [7, 11) is 0. The summed E-state index contributed by atoms with van der Waals surface area (Å²) in [6.07, 6.45) is 2.04. The zero-order valence-corrected chi connectivity index (χ0v) is 19.1. The Morgan fingerprint density at radius 2 is 1.15 bits per heavy atom. The van der Waals surface area contributed by atoms with Crippen LogP contribution in [-0.4, -0.2) is 36.2 Å². The number of hydrogen-bond donors (Lipinski definition) is 1. The van der Waals surface area contributed by atoms with Crippen LogP contribution in [0.1, 0.15) is 24.8 Å². The highest BCUT2D eigenvalue weighted by molar-refractivity contribution is 5.85. The van der Waals surface area contributed by atoms with Gasteiger partial charge in [0.2, 0.25) is 0 Å².